The second kappa shape index (κ2) is 6.73. The summed E-state index contributed by atoms with van der Waals surface area (Å²) in [5.41, 5.74) is 0.566. The Morgan fingerprint density at radius 1 is 1.41 bits per heavy atom. The Kier molecular flexibility index (Phi) is 4.96. The molecule has 0 aromatic carbocycles. The van der Waals surface area contributed by atoms with Gasteiger partial charge in [0.1, 0.15) is 6.04 Å². The van der Waals surface area contributed by atoms with Crippen LogP contribution >= 0.6 is 15.9 Å². The molecule has 8 nitrogen and oxygen atoms in total. The smallest absolute Gasteiger partial charge is 0.273 e. The zero-order valence-electron chi connectivity index (χ0n) is 12.5. The van der Waals surface area contributed by atoms with E-state index < -0.39 is 6.04 Å². The van der Waals surface area contributed by atoms with E-state index in [-0.39, 0.29) is 17.5 Å². The van der Waals surface area contributed by atoms with Gasteiger partial charge in [0.25, 0.3) is 5.91 Å². The third kappa shape index (κ3) is 3.35. The van der Waals surface area contributed by atoms with Gasteiger partial charge in [-0.15, -0.1) is 0 Å². The van der Waals surface area contributed by atoms with Crippen molar-refractivity contribution >= 4 is 33.4 Å². The van der Waals surface area contributed by atoms with Gasteiger partial charge in [-0.05, 0) is 29.8 Å². The largest absolute Gasteiger partial charge is 0.354 e. The van der Waals surface area contributed by atoms with E-state index >= 15 is 0 Å². The molecule has 0 bridgehead atoms. The van der Waals surface area contributed by atoms with Crippen LogP contribution in [0, 0.1) is 0 Å². The van der Waals surface area contributed by atoms with Crippen molar-refractivity contribution in [2.24, 2.45) is 0 Å². The summed E-state index contributed by atoms with van der Waals surface area (Å²) in [6.45, 7) is 4.22. The lowest BCUT2D eigenvalue weighted by molar-refractivity contribution is -0.119. The van der Waals surface area contributed by atoms with E-state index in [1.807, 2.05) is 6.92 Å². The normalized spacial score (nSPS) is 12.0. The summed E-state index contributed by atoms with van der Waals surface area (Å²) in [6.07, 6.45) is 4.95. The quantitative estimate of drug-likeness (QED) is 0.834. The Morgan fingerprint density at radius 3 is 2.68 bits per heavy atom. The van der Waals surface area contributed by atoms with Gasteiger partial charge in [0.15, 0.2) is 5.69 Å². The predicted molar refractivity (Wildman–Crippen MR) is 84.6 cm³/mol. The molecule has 1 atom stereocenters. The summed E-state index contributed by atoms with van der Waals surface area (Å²) in [6, 6.07) is -0.520. The van der Waals surface area contributed by atoms with Gasteiger partial charge >= 0.3 is 0 Å². The maximum absolute atomic E-state index is 12.3. The van der Waals surface area contributed by atoms with E-state index in [0.29, 0.717) is 12.2 Å². The lowest BCUT2D eigenvalue weighted by atomic mass is 10.3. The van der Waals surface area contributed by atoms with Crippen LogP contribution in [0.15, 0.2) is 23.1 Å². The minimum Gasteiger partial charge on any atom is -0.354 e. The van der Waals surface area contributed by atoms with Crippen molar-refractivity contribution in [3.8, 4) is 0 Å². The summed E-state index contributed by atoms with van der Waals surface area (Å²) >= 11 is 3.29. The number of rotatable bonds is 5. The predicted octanol–water partition coefficient (Wildman–Crippen LogP) is 1.42. The molecule has 2 aromatic heterocycles. The van der Waals surface area contributed by atoms with Crippen molar-refractivity contribution in [1.82, 2.24) is 24.9 Å². The van der Waals surface area contributed by atoms with Gasteiger partial charge in [0, 0.05) is 26.0 Å². The Hall–Kier alpha value is -2.16. The number of hydrogen-bond acceptors (Lipinski definition) is 4. The van der Waals surface area contributed by atoms with E-state index in [4.69, 9.17) is 0 Å². The maximum Gasteiger partial charge on any atom is 0.273 e. The molecule has 2 N–H and O–H groups in total. The van der Waals surface area contributed by atoms with Gasteiger partial charge in [0.2, 0.25) is 5.91 Å². The molecular weight excluding hydrogens is 352 g/mol. The van der Waals surface area contributed by atoms with Gasteiger partial charge < -0.3 is 10.6 Å². The average Bonchev–Trinajstić information content (AvgIpc) is 3.11. The molecule has 0 radical (unpaired) electrons. The number of nitrogens with one attached hydrogen (secondary N) is 2. The molecule has 0 fully saturated rings. The molecule has 0 saturated carbocycles. The van der Waals surface area contributed by atoms with E-state index in [0.717, 1.165) is 4.47 Å². The molecule has 0 spiro atoms. The van der Waals surface area contributed by atoms with Gasteiger partial charge in [0.05, 0.1) is 16.4 Å². The molecule has 0 aliphatic carbocycles. The van der Waals surface area contributed by atoms with Gasteiger partial charge in [-0.2, -0.15) is 10.2 Å². The number of hydrogen-bond donors (Lipinski definition) is 2. The summed E-state index contributed by atoms with van der Waals surface area (Å²) < 4.78 is 3.91. The van der Waals surface area contributed by atoms with Crippen molar-refractivity contribution in [3.05, 3.63) is 28.8 Å². The summed E-state index contributed by atoms with van der Waals surface area (Å²) in [4.78, 5) is 24.2. The van der Waals surface area contributed by atoms with Crippen LogP contribution in [-0.4, -0.2) is 38.4 Å². The Labute approximate surface area is 136 Å². The Morgan fingerprint density at radius 2 is 2.14 bits per heavy atom. The van der Waals surface area contributed by atoms with E-state index in [1.165, 1.54) is 11.7 Å². The molecule has 1 unspecified atom stereocenters. The molecular formula is C13H17BrN6O2. The summed E-state index contributed by atoms with van der Waals surface area (Å²) in [5.74, 6) is -0.631. The highest BCUT2D eigenvalue weighted by Crippen LogP contribution is 2.17. The minimum atomic E-state index is -0.520. The van der Waals surface area contributed by atoms with Crippen molar-refractivity contribution < 1.29 is 9.59 Å². The van der Waals surface area contributed by atoms with Crippen LogP contribution in [-0.2, 0) is 11.3 Å². The van der Waals surface area contributed by atoms with Crippen LogP contribution in [0.1, 0.15) is 30.4 Å². The van der Waals surface area contributed by atoms with Gasteiger partial charge in [-0.3, -0.25) is 19.0 Å². The first-order chi connectivity index (χ1) is 10.5. The number of carbonyl (C=O) groups excluding carboxylic acids is 2. The number of carbonyl (C=O) groups is 2. The molecule has 2 aromatic rings. The molecule has 118 valence electrons. The Bertz CT molecular complexity index is 693. The fraction of sp³-hybridized carbons (Fsp3) is 0.385. The number of aryl methyl sites for hydroxylation is 1. The molecule has 2 heterocycles. The molecule has 22 heavy (non-hydrogen) atoms. The van der Waals surface area contributed by atoms with E-state index in [9.17, 15) is 9.59 Å². The highest BCUT2D eigenvalue weighted by Gasteiger charge is 2.21. The fourth-order valence-electron chi connectivity index (χ4n) is 1.84. The van der Waals surface area contributed by atoms with Gasteiger partial charge in [-0.1, -0.05) is 0 Å². The first-order valence-corrected chi connectivity index (χ1v) is 7.55. The molecule has 2 rings (SSSR count). The minimum absolute atomic E-state index is 0.187. The number of anilines is 1. The maximum atomic E-state index is 12.3. The zero-order chi connectivity index (χ0) is 16.3. The number of halogens is 1. The molecule has 9 heteroatoms. The third-order valence-electron chi connectivity index (χ3n) is 3.13. The first kappa shape index (κ1) is 16.2. The van der Waals surface area contributed by atoms with Crippen molar-refractivity contribution in [2.45, 2.75) is 26.4 Å². The average molecular weight is 369 g/mol. The lowest BCUT2D eigenvalue weighted by Gasteiger charge is -2.12. The first-order valence-electron chi connectivity index (χ1n) is 6.76. The SMILES string of the molecule is CCn1cc(NC(=O)C(C)n2cc(Br)cn2)c(C(=O)NC)n1. The van der Waals surface area contributed by atoms with Crippen molar-refractivity contribution in [3.63, 3.8) is 0 Å². The highest BCUT2D eigenvalue weighted by atomic mass is 79.9. The summed E-state index contributed by atoms with van der Waals surface area (Å²) in [7, 11) is 1.52. The third-order valence-corrected chi connectivity index (χ3v) is 3.54. The monoisotopic (exact) mass is 368 g/mol. The van der Waals surface area contributed by atoms with Crippen molar-refractivity contribution in [2.75, 3.05) is 12.4 Å². The molecule has 0 saturated heterocycles. The van der Waals surface area contributed by atoms with Crippen LogP contribution in [0.3, 0.4) is 0 Å². The number of nitrogens with zero attached hydrogens (tertiary/aromatic N) is 4. The van der Waals surface area contributed by atoms with Crippen LogP contribution in [0.2, 0.25) is 0 Å². The van der Waals surface area contributed by atoms with E-state index in [2.05, 4.69) is 36.8 Å². The summed E-state index contributed by atoms with van der Waals surface area (Å²) in [5, 5.41) is 13.5. The van der Waals surface area contributed by atoms with Crippen molar-refractivity contribution in [1.29, 1.82) is 0 Å². The Balaban J connectivity index is 2.20. The second-order valence-electron chi connectivity index (χ2n) is 4.63. The van der Waals surface area contributed by atoms with Crippen LogP contribution in [0.25, 0.3) is 0 Å². The topological polar surface area (TPSA) is 93.8 Å². The molecule has 0 aliphatic rings. The number of amides is 2. The number of aromatic nitrogens is 4. The van der Waals surface area contributed by atoms with Crippen LogP contribution in [0.5, 0.6) is 0 Å². The van der Waals surface area contributed by atoms with E-state index in [1.54, 1.807) is 30.2 Å². The van der Waals surface area contributed by atoms with Gasteiger partial charge in [-0.25, -0.2) is 0 Å². The van der Waals surface area contributed by atoms with Crippen LogP contribution < -0.4 is 10.6 Å². The zero-order valence-corrected chi connectivity index (χ0v) is 14.1. The molecule has 0 aliphatic heterocycles. The second-order valence-corrected chi connectivity index (χ2v) is 5.55. The lowest BCUT2D eigenvalue weighted by Crippen LogP contribution is -2.26. The van der Waals surface area contributed by atoms with Crippen LogP contribution in [0.4, 0.5) is 5.69 Å². The standard InChI is InChI=1S/C13H17BrN6O2/c1-4-19-7-10(11(18-19)13(22)15-3)17-12(21)8(2)20-6-9(14)5-16-20/h5-8H,4H2,1-3H3,(H,15,22)(H,17,21). The fourth-order valence-corrected chi connectivity index (χ4v) is 2.15. The molecule has 2 amide bonds. The highest BCUT2D eigenvalue weighted by molar-refractivity contribution is 9.10.